The van der Waals surface area contributed by atoms with Gasteiger partial charge in [0.25, 0.3) is 5.91 Å². The van der Waals surface area contributed by atoms with Gasteiger partial charge in [0.2, 0.25) is 0 Å². The summed E-state index contributed by atoms with van der Waals surface area (Å²) in [6.45, 7) is 5.11. The summed E-state index contributed by atoms with van der Waals surface area (Å²) in [4.78, 5) is 19.3. The molecule has 3 aliphatic rings. The lowest BCUT2D eigenvalue weighted by Gasteiger charge is -2.29. The SMILES string of the molecule is CCN1\C(=C/C=C/C(C)=C2\SC(=S)N(C3CCCCC3)C2=O)Sc2ccccc21. The lowest BCUT2D eigenvalue weighted by Crippen LogP contribution is -2.39. The summed E-state index contributed by atoms with van der Waals surface area (Å²) >= 11 is 8.81. The Labute approximate surface area is 187 Å². The minimum absolute atomic E-state index is 0.0968. The van der Waals surface area contributed by atoms with Crippen LogP contribution in [0.15, 0.2) is 62.9 Å². The molecule has 152 valence electrons. The lowest BCUT2D eigenvalue weighted by atomic mass is 9.94. The molecule has 2 aliphatic heterocycles. The van der Waals surface area contributed by atoms with Gasteiger partial charge in [0.05, 0.1) is 15.6 Å². The van der Waals surface area contributed by atoms with Crippen molar-refractivity contribution in [2.45, 2.75) is 56.9 Å². The first kappa shape index (κ1) is 20.8. The van der Waals surface area contributed by atoms with E-state index in [2.05, 4.69) is 48.2 Å². The number of carbonyl (C=O) groups is 1. The number of allylic oxidation sites excluding steroid dienone is 4. The molecule has 3 nitrogen and oxygen atoms in total. The van der Waals surface area contributed by atoms with Crippen LogP contribution < -0.4 is 4.90 Å². The Morgan fingerprint density at radius 3 is 2.72 bits per heavy atom. The molecule has 0 radical (unpaired) electrons. The molecule has 1 aromatic rings. The Kier molecular flexibility index (Phi) is 6.52. The van der Waals surface area contributed by atoms with Gasteiger partial charge < -0.3 is 4.90 Å². The van der Waals surface area contributed by atoms with Crippen molar-refractivity contribution < 1.29 is 4.79 Å². The molecule has 0 unspecified atom stereocenters. The van der Waals surface area contributed by atoms with Crippen molar-refractivity contribution in [2.75, 3.05) is 11.4 Å². The Balaban J connectivity index is 1.50. The highest BCUT2D eigenvalue weighted by Crippen LogP contribution is 2.45. The van der Waals surface area contributed by atoms with E-state index in [-0.39, 0.29) is 5.91 Å². The molecule has 0 atom stereocenters. The van der Waals surface area contributed by atoms with Crippen LogP contribution in [0.4, 0.5) is 5.69 Å². The molecule has 2 fully saturated rings. The van der Waals surface area contributed by atoms with Crippen LogP contribution >= 0.6 is 35.7 Å². The second kappa shape index (κ2) is 9.11. The number of para-hydroxylation sites is 1. The lowest BCUT2D eigenvalue weighted by molar-refractivity contribution is -0.124. The van der Waals surface area contributed by atoms with Crippen LogP contribution in [0.1, 0.15) is 46.0 Å². The van der Waals surface area contributed by atoms with E-state index in [1.54, 1.807) is 11.8 Å². The van der Waals surface area contributed by atoms with Gasteiger partial charge in [-0.3, -0.25) is 9.69 Å². The Morgan fingerprint density at radius 1 is 1.21 bits per heavy atom. The van der Waals surface area contributed by atoms with Gasteiger partial charge >= 0.3 is 0 Å². The largest absolute Gasteiger partial charge is 0.335 e. The number of thiocarbonyl (C=S) groups is 1. The molecule has 1 saturated carbocycles. The number of thioether (sulfide) groups is 2. The van der Waals surface area contributed by atoms with E-state index in [1.165, 1.54) is 46.6 Å². The first-order chi connectivity index (χ1) is 14.1. The summed E-state index contributed by atoms with van der Waals surface area (Å²) in [7, 11) is 0. The Morgan fingerprint density at radius 2 is 1.97 bits per heavy atom. The minimum Gasteiger partial charge on any atom is -0.335 e. The normalized spacial score (nSPS) is 23.6. The average Bonchev–Trinajstić information content (AvgIpc) is 3.24. The van der Waals surface area contributed by atoms with Crippen molar-refractivity contribution >= 4 is 51.7 Å². The van der Waals surface area contributed by atoms with Gasteiger partial charge in [0, 0.05) is 17.5 Å². The number of rotatable bonds is 4. The molecule has 1 amide bonds. The fourth-order valence-corrected chi connectivity index (χ4v) is 6.67. The predicted molar refractivity (Wildman–Crippen MR) is 129 cm³/mol. The number of carbonyl (C=O) groups excluding carboxylic acids is 1. The standard InChI is InChI=1S/C23H26N2OS3/c1-3-24-18-13-7-8-14-19(18)28-20(24)15-9-10-16(2)21-22(26)25(23(27)29-21)17-11-5-4-6-12-17/h7-10,13-15,17H,3-6,11-12H2,1-2H3/b10-9+,20-15+,21-16-. The second-order valence-corrected chi connectivity index (χ2v) is 10.2. The van der Waals surface area contributed by atoms with Gasteiger partial charge in [-0.15, -0.1) is 0 Å². The summed E-state index contributed by atoms with van der Waals surface area (Å²) in [6, 6.07) is 8.78. The summed E-state index contributed by atoms with van der Waals surface area (Å²) in [5.74, 6) is 0.0968. The van der Waals surface area contributed by atoms with Gasteiger partial charge in [-0.1, -0.05) is 79.3 Å². The van der Waals surface area contributed by atoms with E-state index in [9.17, 15) is 4.79 Å². The number of nitrogens with zero attached hydrogens (tertiary/aromatic N) is 2. The summed E-state index contributed by atoms with van der Waals surface area (Å²) in [5, 5.41) is 1.22. The Hall–Kier alpha value is -1.50. The number of fused-ring (bicyclic) bond motifs is 1. The number of hydrogen-bond acceptors (Lipinski definition) is 5. The molecule has 1 aromatic carbocycles. The maximum Gasteiger partial charge on any atom is 0.266 e. The highest BCUT2D eigenvalue weighted by Gasteiger charge is 2.38. The van der Waals surface area contributed by atoms with E-state index < -0.39 is 0 Å². The van der Waals surface area contributed by atoms with E-state index in [0.717, 1.165) is 34.2 Å². The summed E-state index contributed by atoms with van der Waals surface area (Å²) in [5.41, 5.74) is 2.26. The summed E-state index contributed by atoms with van der Waals surface area (Å²) in [6.07, 6.45) is 12.0. The van der Waals surface area contributed by atoms with Gasteiger partial charge in [-0.25, -0.2) is 0 Å². The number of anilines is 1. The number of amides is 1. The van der Waals surface area contributed by atoms with Gasteiger partial charge in [-0.05, 0) is 50.5 Å². The first-order valence-corrected chi connectivity index (χ1v) is 12.3. The third kappa shape index (κ3) is 4.21. The third-order valence-electron chi connectivity index (χ3n) is 5.63. The molecule has 0 N–H and O–H groups in total. The molecule has 0 bridgehead atoms. The molecular formula is C23H26N2OS3. The molecule has 0 spiro atoms. The van der Waals surface area contributed by atoms with Crippen LogP contribution in [-0.4, -0.2) is 27.7 Å². The molecule has 0 aromatic heterocycles. The highest BCUT2D eigenvalue weighted by molar-refractivity contribution is 8.26. The fourth-order valence-electron chi connectivity index (χ4n) is 4.13. The van der Waals surface area contributed by atoms with Crippen molar-refractivity contribution in [1.29, 1.82) is 0 Å². The number of benzene rings is 1. The van der Waals surface area contributed by atoms with Crippen LogP contribution in [0.5, 0.6) is 0 Å². The monoisotopic (exact) mass is 442 g/mol. The van der Waals surface area contributed by atoms with Gasteiger partial charge in [-0.2, -0.15) is 0 Å². The highest BCUT2D eigenvalue weighted by atomic mass is 32.2. The van der Waals surface area contributed by atoms with Gasteiger partial charge in [0.15, 0.2) is 0 Å². The van der Waals surface area contributed by atoms with Crippen LogP contribution in [0.2, 0.25) is 0 Å². The van der Waals surface area contributed by atoms with Crippen molar-refractivity contribution in [3.63, 3.8) is 0 Å². The van der Waals surface area contributed by atoms with Crippen molar-refractivity contribution in [3.8, 4) is 0 Å². The molecule has 29 heavy (non-hydrogen) atoms. The van der Waals surface area contributed by atoms with E-state index in [1.807, 2.05) is 17.9 Å². The number of hydrogen-bond donors (Lipinski definition) is 0. The Bertz CT molecular complexity index is 912. The summed E-state index contributed by atoms with van der Waals surface area (Å²) < 4.78 is 0.724. The molecule has 2 heterocycles. The van der Waals surface area contributed by atoms with Crippen LogP contribution in [0, 0.1) is 0 Å². The molecule has 4 rings (SSSR count). The quantitative estimate of drug-likeness (QED) is 0.392. The van der Waals surface area contributed by atoms with Crippen LogP contribution in [-0.2, 0) is 4.79 Å². The first-order valence-electron chi connectivity index (χ1n) is 10.3. The van der Waals surface area contributed by atoms with E-state index in [0.29, 0.717) is 6.04 Å². The second-order valence-electron chi connectivity index (χ2n) is 7.53. The molecule has 1 saturated heterocycles. The van der Waals surface area contributed by atoms with E-state index in [4.69, 9.17) is 12.2 Å². The van der Waals surface area contributed by atoms with Gasteiger partial charge in [0.1, 0.15) is 4.32 Å². The molecule has 1 aliphatic carbocycles. The fraction of sp³-hybridized carbons (Fsp3) is 0.391. The van der Waals surface area contributed by atoms with Crippen molar-refractivity contribution in [3.05, 3.63) is 58.0 Å². The van der Waals surface area contributed by atoms with Crippen LogP contribution in [0.3, 0.4) is 0 Å². The maximum atomic E-state index is 13.0. The minimum atomic E-state index is 0.0968. The predicted octanol–water partition coefficient (Wildman–Crippen LogP) is 6.48. The third-order valence-corrected chi connectivity index (χ3v) is 8.28. The zero-order valence-corrected chi connectivity index (χ0v) is 19.3. The molecule has 6 heteroatoms. The van der Waals surface area contributed by atoms with Crippen molar-refractivity contribution in [2.24, 2.45) is 0 Å². The van der Waals surface area contributed by atoms with E-state index >= 15 is 0 Å². The zero-order chi connectivity index (χ0) is 20.4. The maximum absolute atomic E-state index is 13.0. The molecular weight excluding hydrogens is 416 g/mol. The zero-order valence-electron chi connectivity index (χ0n) is 16.9. The smallest absolute Gasteiger partial charge is 0.266 e. The van der Waals surface area contributed by atoms with Crippen molar-refractivity contribution in [1.82, 2.24) is 4.90 Å². The van der Waals surface area contributed by atoms with Crippen LogP contribution in [0.25, 0.3) is 0 Å². The topological polar surface area (TPSA) is 23.6 Å². The average molecular weight is 443 g/mol.